The predicted octanol–water partition coefficient (Wildman–Crippen LogP) is 0.0547. The van der Waals surface area contributed by atoms with E-state index in [2.05, 4.69) is 15.6 Å². The van der Waals surface area contributed by atoms with Crippen LogP contribution in [0.15, 0.2) is 4.99 Å². The zero-order valence-corrected chi connectivity index (χ0v) is 8.73. The Morgan fingerprint density at radius 2 is 2.64 bits per heavy atom. The van der Waals surface area contributed by atoms with Gasteiger partial charge in [-0.25, -0.2) is 0 Å². The molecule has 0 radical (unpaired) electrons. The molecule has 1 rings (SSSR count). The molecule has 1 aliphatic rings. The van der Waals surface area contributed by atoms with Crippen molar-refractivity contribution in [3.05, 3.63) is 0 Å². The first-order chi connectivity index (χ1) is 6.76. The Kier molecular flexibility index (Phi) is 4.26. The van der Waals surface area contributed by atoms with Gasteiger partial charge in [0.2, 0.25) is 5.91 Å². The maximum absolute atomic E-state index is 10.9. The largest absolute Gasteiger partial charge is 0.354 e. The summed E-state index contributed by atoms with van der Waals surface area (Å²) in [5.74, 6) is 0.0791. The molecule has 0 aromatic heterocycles. The lowest BCUT2D eigenvalue weighted by Crippen LogP contribution is -2.38. The highest BCUT2D eigenvalue weighted by molar-refractivity contribution is 8.13. The van der Waals surface area contributed by atoms with Crippen LogP contribution in [-0.4, -0.2) is 29.9 Å². The highest BCUT2D eigenvalue weighted by Crippen LogP contribution is 2.08. The van der Waals surface area contributed by atoms with Gasteiger partial charge in [0.05, 0.1) is 6.04 Å². The van der Waals surface area contributed by atoms with Gasteiger partial charge in [-0.15, -0.1) is 0 Å². The molecule has 0 saturated carbocycles. The summed E-state index contributed by atoms with van der Waals surface area (Å²) in [7, 11) is 0. The third-order valence-corrected chi connectivity index (χ3v) is 2.49. The summed E-state index contributed by atoms with van der Waals surface area (Å²) < 4.78 is 0. The van der Waals surface area contributed by atoms with Crippen LogP contribution in [0.3, 0.4) is 0 Å². The van der Waals surface area contributed by atoms with Crippen LogP contribution in [0.25, 0.3) is 0 Å². The Balaban J connectivity index is 2.49. The van der Waals surface area contributed by atoms with E-state index >= 15 is 0 Å². The molecule has 1 amide bonds. The van der Waals surface area contributed by atoms with Crippen molar-refractivity contribution in [2.75, 3.05) is 12.8 Å². The number of nitrogens with one attached hydrogen (secondary N) is 2. The van der Waals surface area contributed by atoms with Gasteiger partial charge < -0.3 is 5.32 Å². The number of rotatable bonds is 1. The normalized spacial score (nSPS) is 22.4. The SMILES string of the molecule is CSC(=NC1CCC(=O)NC1)NC#N. The summed E-state index contributed by atoms with van der Waals surface area (Å²) >= 11 is 1.39. The number of amides is 1. The van der Waals surface area contributed by atoms with Crippen LogP contribution in [0.1, 0.15) is 12.8 Å². The van der Waals surface area contributed by atoms with Crippen molar-refractivity contribution in [1.29, 1.82) is 5.26 Å². The second-order valence-corrected chi connectivity index (χ2v) is 3.67. The zero-order valence-electron chi connectivity index (χ0n) is 7.91. The number of carbonyl (C=O) groups excluding carboxylic acids is 1. The summed E-state index contributed by atoms with van der Waals surface area (Å²) in [6, 6.07) is 0.0935. The lowest BCUT2D eigenvalue weighted by Gasteiger charge is -2.19. The predicted molar refractivity (Wildman–Crippen MR) is 55.7 cm³/mol. The van der Waals surface area contributed by atoms with E-state index in [-0.39, 0.29) is 11.9 Å². The van der Waals surface area contributed by atoms with Crippen molar-refractivity contribution in [3.8, 4) is 6.19 Å². The average molecular weight is 212 g/mol. The molecule has 1 aliphatic heterocycles. The maximum Gasteiger partial charge on any atom is 0.220 e. The fourth-order valence-electron chi connectivity index (χ4n) is 1.18. The Bertz CT molecular complexity index is 274. The molecule has 1 unspecified atom stereocenters. The van der Waals surface area contributed by atoms with Gasteiger partial charge in [0.15, 0.2) is 11.4 Å². The van der Waals surface area contributed by atoms with E-state index in [4.69, 9.17) is 5.26 Å². The van der Waals surface area contributed by atoms with Crippen LogP contribution in [0.4, 0.5) is 0 Å². The molecule has 1 fully saturated rings. The van der Waals surface area contributed by atoms with Gasteiger partial charge in [0.1, 0.15) is 0 Å². The zero-order chi connectivity index (χ0) is 10.4. The molecule has 0 spiro atoms. The minimum absolute atomic E-state index is 0.0791. The number of thioether (sulfide) groups is 1. The van der Waals surface area contributed by atoms with Gasteiger partial charge in [-0.3, -0.25) is 15.1 Å². The summed E-state index contributed by atoms with van der Waals surface area (Å²) in [5, 5.41) is 14.3. The number of nitriles is 1. The van der Waals surface area contributed by atoms with E-state index in [9.17, 15) is 4.79 Å². The monoisotopic (exact) mass is 212 g/mol. The van der Waals surface area contributed by atoms with Crippen molar-refractivity contribution in [2.45, 2.75) is 18.9 Å². The Morgan fingerprint density at radius 1 is 1.86 bits per heavy atom. The van der Waals surface area contributed by atoms with Crippen molar-refractivity contribution >= 4 is 22.8 Å². The summed E-state index contributed by atoms with van der Waals surface area (Å²) in [6.07, 6.45) is 4.95. The molecule has 14 heavy (non-hydrogen) atoms. The summed E-state index contributed by atoms with van der Waals surface area (Å²) in [4.78, 5) is 15.2. The first-order valence-corrected chi connectivity index (χ1v) is 5.52. The number of hydrogen-bond donors (Lipinski definition) is 2. The quantitative estimate of drug-likeness (QED) is 0.279. The molecule has 2 N–H and O–H groups in total. The van der Waals surface area contributed by atoms with Crippen LogP contribution in [0.5, 0.6) is 0 Å². The maximum atomic E-state index is 10.9. The van der Waals surface area contributed by atoms with Gasteiger partial charge in [0, 0.05) is 13.0 Å². The minimum Gasteiger partial charge on any atom is -0.354 e. The van der Waals surface area contributed by atoms with Crippen LogP contribution in [0, 0.1) is 11.5 Å². The van der Waals surface area contributed by atoms with Gasteiger partial charge in [-0.1, -0.05) is 11.8 Å². The van der Waals surface area contributed by atoms with Crippen molar-refractivity contribution < 1.29 is 4.79 Å². The Labute approximate surface area is 87.0 Å². The standard InChI is InChI=1S/C8H12N4OS/c1-14-8(11-5-9)12-6-2-3-7(13)10-4-6/h6H,2-4H2,1H3,(H,10,13)(H,11,12). The topological polar surface area (TPSA) is 77.3 Å². The van der Waals surface area contributed by atoms with Crippen LogP contribution < -0.4 is 10.6 Å². The third kappa shape index (κ3) is 3.26. The van der Waals surface area contributed by atoms with Crippen molar-refractivity contribution in [1.82, 2.24) is 10.6 Å². The summed E-state index contributed by atoms with van der Waals surface area (Å²) in [5.41, 5.74) is 0. The molecule has 1 heterocycles. The molecule has 76 valence electrons. The Hall–Kier alpha value is -1.22. The average Bonchev–Trinajstić information content (AvgIpc) is 2.20. The van der Waals surface area contributed by atoms with E-state index in [1.165, 1.54) is 11.8 Å². The second kappa shape index (κ2) is 5.50. The molecule has 0 aromatic rings. The number of nitrogens with zero attached hydrogens (tertiary/aromatic N) is 2. The van der Waals surface area contributed by atoms with Gasteiger partial charge >= 0.3 is 0 Å². The number of aliphatic imine (C=N–C) groups is 1. The number of carbonyl (C=O) groups is 1. The van der Waals surface area contributed by atoms with E-state index < -0.39 is 0 Å². The third-order valence-electron chi connectivity index (χ3n) is 1.90. The number of piperidine rings is 1. The fraction of sp³-hybridized carbons (Fsp3) is 0.625. The van der Waals surface area contributed by atoms with Crippen LogP contribution in [0.2, 0.25) is 0 Å². The highest BCUT2D eigenvalue weighted by Gasteiger charge is 2.17. The molecule has 1 atom stereocenters. The van der Waals surface area contributed by atoms with Gasteiger partial charge in [0.25, 0.3) is 0 Å². The smallest absolute Gasteiger partial charge is 0.220 e. The van der Waals surface area contributed by atoms with Crippen LogP contribution >= 0.6 is 11.8 Å². The molecule has 5 nitrogen and oxygen atoms in total. The van der Waals surface area contributed by atoms with Crippen molar-refractivity contribution in [2.24, 2.45) is 4.99 Å². The fourth-order valence-corrected chi connectivity index (χ4v) is 1.58. The first-order valence-electron chi connectivity index (χ1n) is 4.30. The van der Waals surface area contributed by atoms with E-state index in [0.717, 1.165) is 6.42 Å². The lowest BCUT2D eigenvalue weighted by molar-refractivity contribution is -0.122. The lowest BCUT2D eigenvalue weighted by atomic mass is 10.1. The second-order valence-electron chi connectivity index (χ2n) is 2.87. The van der Waals surface area contributed by atoms with E-state index in [1.807, 2.05) is 12.4 Å². The van der Waals surface area contributed by atoms with Crippen molar-refractivity contribution in [3.63, 3.8) is 0 Å². The Morgan fingerprint density at radius 3 is 3.14 bits per heavy atom. The number of hydrogen-bond acceptors (Lipinski definition) is 4. The van der Waals surface area contributed by atoms with Gasteiger partial charge in [-0.05, 0) is 12.7 Å². The minimum atomic E-state index is 0.0791. The highest BCUT2D eigenvalue weighted by atomic mass is 32.2. The summed E-state index contributed by atoms with van der Waals surface area (Å²) in [6.45, 7) is 0.565. The molecule has 0 aromatic carbocycles. The number of amidine groups is 1. The molecular weight excluding hydrogens is 200 g/mol. The molecule has 6 heteroatoms. The first kappa shape index (κ1) is 10.9. The molecule has 0 aliphatic carbocycles. The van der Waals surface area contributed by atoms with E-state index in [0.29, 0.717) is 18.1 Å². The molecule has 0 bridgehead atoms. The van der Waals surface area contributed by atoms with Crippen LogP contribution in [-0.2, 0) is 4.79 Å². The molecular formula is C8H12N4OS. The van der Waals surface area contributed by atoms with Gasteiger partial charge in [-0.2, -0.15) is 5.26 Å². The van der Waals surface area contributed by atoms with E-state index in [1.54, 1.807) is 0 Å². The molecule has 1 saturated heterocycles.